The molecule has 0 saturated heterocycles. The van der Waals surface area contributed by atoms with Gasteiger partial charge in [-0.05, 0) is 45.4 Å². The van der Waals surface area contributed by atoms with Crippen LogP contribution in [-0.2, 0) is 0 Å². The van der Waals surface area contributed by atoms with Gasteiger partial charge in [0.25, 0.3) is 0 Å². The van der Waals surface area contributed by atoms with Gasteiger partial charge in [0, 0.05) is 0 Å². The molecule has 0 amide bonds. The highest BCUT2D eigenvalue weighted by Crippen LogP contribution is 2.04. The molecule has 0 heterocycles. The molecule has 0 bridgehead atoms. The van der Waals surface area contributed by atoms with Gasteiger partial charge >= 0.3 is 0 Å². The van der Waals surface area contributed by atoms with Gasteiger partial charge in [-0.2, -0.15) is 0 Å². The van der Waals surface area contributed by atoms with E-state index in [1.54, 1.807) is 0 Å². The minimum Gasteiger partial charge on any atom is -0.0885 e. The zero-order valence-corrected chi connectivity index (χ0v) is 10.1. The lowest BCUT2D eigenvalue weighted by Crippen LogP contribution is -1.74. The third kappa shape index (κ3) is 13.2. The first-order valence-corrected chi connectivity index (χ1v) is 6.16. The summed E-state index contributed by atoms with van der Waals surface area (Å²) in [5, 5.41) is 0. The minimum absolute atomic E-state index is 1.10. The molecule has 15 heavy (non-hydrogen) atoms. The van der Waals surface area contributed by atoms with Crippen LogP contribution in [0.4, 0.5) is 0 Å². The Labute approximate surface area is 95.8 Å². The minimum atomic E-state index is 1.10. The maximum Gasteiger partial charge on any atom is -0.0169 e. The summed E-state index contributed by atoms with van der Waals surface area (Å²) < 4.78 is 0. The Bertz CT molecular complexity index is 184. The zero-order chi connectivity index (χ0) is 11.2. The normalized spacial score (nSPS) is 12.4. The average Bonchev–Trinajstić information content (AvgIpc) is 2.26. The van der Waals surface area contributed by atoms with Crippen molar-refractivity contribution in [2.45, 2.75) is 51.9 Å². The molecule has 0 aliphatic heterocycles. The molecule has 0 heteroatoms. The van der Waals surface area contributed by atoms with Gasteiger partial charge in [-0.15, -0.1) is 0 Å². The quantitative estimate of drug-likeness (QED) is 0.357. The van der Waals surface area contributed by atoms with Crippen molar-refractivity contribution in [3.8, 4) is 0 Å². The highest BCUT2D eigenvalue weighted by Gasteiger charge is 1.84. The van der Waals surface area contributed by atoms with Crippen LogP contribution in [-0.4, -0.2) is 0 Å². The summed E-state index contributed by atoms with van der Waals surface area (Å²) >= 11 is 0. The third-order valence-corrected chi connectivity index (χ3v) is 2.25. The molecule has 0 aromatic carbocycles. The Kier molecular flexibility index (Phi) is 12.5. The van der Waals surface area contributed by atoms with E-state index in [4.69, 9.17) is 0 Å². The maximum absolute atomic E-state index is 3.67. The van der Waals surface area contributed by atoms with E-state index in [9.17, 15) is 0 Å². The van der Waals surface area contributed by atoms with Gasteiger partial charge in [0.2, 0.25) is 0 Å². The van der Waals surface area contributed by atoms with Crippen LogP contribution in [0, 0.1) is 6.92 Å². The summed E-state index contributed by atoms with van der Waals surface area (Å²) in [5.41, 5.74) is 0. The van der Waals surface area contributed by atoms with Crippen molar-refractivity contribution in [1.82, 2.24) is 0 Å². The van der Waals surface area contributed by atoms with Crippen molar-refractivity contribution < 1.29 is 0 Å². The lowest BCUT2D eigenvalue weighted by molar-refractivity contribution is 0.695. The first kappa shape index (κ1) is 14.2. The first-order chi connectivity index (χ1) is 7.41. The van der Waals surface area contributed by atoms with Gasteiger partial charge in [-0.3, -0.25) is 0 Å². The smallest absolute Gasteiger partial charge is 0.0169 e. The summed E-state index contributed by atoms with van der Waals surface area (Å²) in [4.78, 5) is 0. The predicted molar refractivity (Wildman–Crippen MR) is 70.8 cm³/mol. The molecule has 0 atom stereocenters. The van der Waals surface area contributed by atoms with Crippen molar-refractivity contribution in [2.75, 3.05) is 0 Å². The van der Waals surface area contributed by atoms with Crippen LogP contribution in [0.1, 0.15) is 51.9 Å². The molecule has 0 fully saturated rings. The van der Waals surface area contributed by atoms with Gasteiger partial charge in [0.05, 0.1) is 0 Å². The van der Waals surface area contributed by atoms with E-state index in [2.05, 4.69) is 44.2 Å². The summed E-state index contributed by atoms with van der Waals surface area (Å²) in [6.45, 7) is 5.84. The monoisotopic (exact) mass is 205 g/mol. The van der Waals surface area contributed by atoms with Crippen molar-refractivity contribution in [3.05, 3.63) is 43.4 Å². The Balaban J connectivity index is 3.12. The van der Waals surface area contributed by atoms with Crippen molar-refractivity contribution in [1.29, 1.82) is 0 Å². The predicted octanol–water partition coefficient (Wildman–Crippen LogP) is 5.24. The topological polar surface area (TPSA) is 0 Å². The second-order valence-corrected chi connectivity index (χ2v) is 3.70. The molecule has 0 rings (SSSR count). The van der Waals surface area contributed by atoms with Gasteiger partial charge in [0.15, 0.2) is 0 Å². The first-order valence-electron chi connectivity index (χ1n) is 6.16. The Morgan fingerprint density at radius 3 is 2.13 bits per heavy atom. The molecule has 0 nitrogen and oxygen atoms in total. The average molecular weight is 205 g/mol. The van der Waals surface area contributed by atoms with Crippen LogP contribution in [0.25, 0.3) is 0 Å². The summed E-state index contributed by atoms with van der Waals surface area (Å²) in [6, 6.07) is 0. The number of allylic oxidation sites excluding steroid dienone is 6. The van der Waals surface area contributed by atoms with E-state index in [1.165, 1.54) is 32.1 Å². The van der Waals surface area contributed by atoms with Crippen molar-refractivity contribution in [3.63, 3.8) is 0 Å². The molecule has 0 aliphatic carbocycles. The van der Waals surface area contributed by atoms with E-state index in [0.717, 1.165) is 12.8 Å². The van der Waals surface area contributed by atoms with E-state index in [-0.39, 0.29) is 0 Å². The highest BCUT2D eigenvalue weighted by molar-refractivity contribution is 4.92. The second-order valence-electron chi connectivity index (χ2n) is 3.70. The fraction of sp³-hybridized carbons (Fsp3) is 0.533. The third-order valence-electron chi connectivity index (χ3n) is 2.25. The molecule has 0 saturated carbocycles. The highest BCUT2D eigenvalue weighted by atomic mass is 13.9. The van der Waals surface area contributed by atoms with Crippen LogP contribution in [0.2, 0.25) is 0 Å². The van der Waals surface area contributed by atoms with E-state index in [1.807, 2.05) is 6.08 Å². The zero-order valence-electron chi connectivity index (χ0n) is 10.1. The fourth-order valence-electron chi connectivity index (χ4n) is 1.37. The van der Waals surface area contributed by atoms with Crippen LogP contribution < -0.4 is 0 Å². The van der Waals surface area contributed by atoms with Gasteiger partial charge in [-0.1, -0.05) is 49.8 Å². The summed E-state index contributed by atoms with van der Waals surface area (Å²) in [6.07, 6.45) is 21.7. The van der Waals surface area contributed by atoms with Crippen molar-refractivity contribution in [2.24, 2.45) is 0 Å². The van der Waals surface area contributed by atoms with Crippen LogP contribution in [0.5, 0.6) is 0 Å². The van der Waals surface area contributed by atoms with Gasteiger partial charge < -0.3 is 0 Å². The molecule has 0 spiro atoms. The van der Waals surface area contributed by atoms with Gasteiger partial charge in [0.1, 0.15) is 0 Å². The molecule has 1 radical (unpaired) electrons. The Morgan fingerprint density at radius 1 is 0.800 bits per heavy atom. The van der Waals surface area contributed by atoms with Crippen LogP contribution >= 0.6 is 0 Å². The summed E-state index contributed by atoms with van der Waals surface area (Å²) in [5.74, 6) is 0. The van der Waals surface area contributed by atoms with E-state index in [0.29, 0.717) is 0 Å². The molecule has 0 aliphatic rings. The van der Waals surface area contributed by atoms with E-state index < -0.39 is 0 Å². The Morgan fingerprint density at radius 2 is 1.47 bits per heavy atom. The molecular weight excluding hydrogens is 180 g/mol. The van der Waals surface area contributed by atoms with E-state index >= 15 is 0 Å². The molecule has 0 unspecified atom stereocenters. The standard InChI is InChI=1S/C15H25/c1-3-5-7-9-11-13-15-14-12-10-8-6-4-2/h3,5-6,8,12,14H,1,4,7,9-11,13,15H2,2H3. The Hall–Kier alpha value is -0.780. The largest absolute Gasteiger partial charge is 0.0885 e. The maximum atomic E-state index is 3.67. The molecule has 0 aromatic rings. The molecule has 0 N–H and O–H groups in total. The van der Waals surface area contributed by atoms with Crippen molar-refractivity contribution >= 4 is 0 Å². The fourth-order valence-corrected chi connectivity index (χ4v) is 1.37. The SMILES string of the molecule is [CH2]C=CCCCCCC=CCC=CCC. The number of rotatable bonds is 9. The number of unbranched alkanes of at least 4 members (excludes halogenated alkanes) is 4. The molecule has 85 valence electrons. The summed E-state index contributed by atoms with van der Waals surface area (Å²) in [7, 11) is 0. The van der Waals surface area contributed by atoms with Crippen LogP contribution in [0.15, 0.2) is 36.5 Å². The van der Waals surface area contributed by atoms with Gasteiger partial charge in [-0.25, -0.2) is 0 Å². The van der Waals surface area contributed by atoms with Crippen LogP contribution in [0.3, 0.4) is 0 Å². The number of hydrogen-bond acceptors (Lipinski definition) is 0. The lowest BCUT2D eigenvalue weighted by atomic mass is 10.1. The molecular formula is C15H25. The molecule has 0 aromatic heterocycles. The second kappa shape index (κ2) is 13.2. The lowest BCUT2D eigenvalue weighted by Gasteiger charge is -1.94. The number of hydrogen-bond donors (Lipinski definition) is 0.